The molecule has 0 aliphatic carbocycles. The molecule has 0 aromatic carbocycles. The van der Waals surface area contributed by atoms with Gasteiger partial charge in [0.05, 0.1) is 6.10 Å². The Kier molecular flexibility index (Phi) is 2.65. The van der Waals surface area contributed by atoms with Crippen molar-refractivity contribution in [3.63, 3.8) is 0 Å². The Morgan fingerprint density at radius 2 is 2.45 bits per heavy atom. The van der Waals surface area contributed by atoms with Crippen molar-refractivity contribution in [3.05, 3.63) is 18.2 Å². The predicted molar refractivity (Wildman–Crippen MR) is 43.2 cm³/mol. The Bertz CT molecular complexity index is 220. The van der Waals surface area contributed by atoms with Crippen molar-refractivity contribution in [2.45, 2.75) is 25.9 Å². The highest BCUT2D eigenvalue weighted by Crippen LogP contribution is 2.01. The van der Waals surface area contributed by atoms with Crippen molar-refractivity contribution in [2.24, 2.45) is 7.05 Å². The lowest BCUT2D eigenvalue weighted by Crippen LogP contribution is -2.12. The molecular formula is C8H14N2O. The summed E-state index contributed by atoms with van der Waals surface area (Å²) >= 11 is 0. The van der Waals surface area contributed by atoms with E-state index < -0.39 is 0 Å². The molecule has 0 amide bonds. The van der Waals surface area contributed by atoms with Gasteiger partial charge in [-0.1, -0.05) is 6.92 Å². The summed E-state index contributed by atoms with van der Waals surface area (Å²) in [5, 5.41) is 9.30. The highest BCUT2D eigenvalue weighted by molar-refractivity contribution is 4.92. The molecule has 0 spiro atoms. The SMILES string of the molecule is CCC(O)Cc1nccn1C. The van der Waals surface area contributed by atoms with E-state index in [1.807, 2.05) is 24.7 Å². The van der Waals surface area contributed by atoms with Crippen LogP contribution in [0, 0.1) is 0 Å². The molecule has 0 bridgehead atoms. The van der Waals surface area contributed by atoms with Gasteiger partial charge in [0.15, 0.2) is 0 Å². The molecule has 62 valence electrons. The van der Waals surface area contributed by atoms with E-state index in [4.69, 9.17) is 0 Å². The normalized spacial score (nSPS) is 13.4. The van der Waals surface area contributed by atoms with Crippen LogP contribution >= 0.6 is 0 Å². The number of nitrogens with zero attached hydrogens (tertiary/aromatic N) is 2. The molecule has 0 fully saturated rings. The summed E-state index contributed by atoms with van der Waals surface area (Å²) in [6, 6.07) is 0. The van der Waals surface area contributed by atoms with E-state index in [2.05, 4.69) is 4.98 Å². The van der Waals surface area contributed by atoms with Gasteiger partial charge in [0, 0.05) is 25.9 Å². The first kappa shape index (κ1) is 8.27. The van der Waals surface area contributed by atoms with E-state index in [0.717, 1.165) is 12.2 Å². The van der Waals surface area contributed by atoms with Crippen molar-refractivity contribution in [1.29, 1.82) is 0 Å². The maximum absolute atomic E-state index is 9.30. The molecule has 0 saturated carbocycles. The first-order chi connectivity index (χ1) is 5.24. The second kappa shape index (κ2) is 3.53. The molecule has 0 aliphatic heterocycles. The molecule has 3 nitrogen and oxygen atoms in total. The Hall–Kier alpha value is -0.830. The summed E-state index contributed by atoms with van der Waals surface area (Å²) in [7, 11) is 1.94. The van der Waals surface area contributed by atoms with Crippen LogP contribution in [0.15, 0.2) is 12.4 Å². The molecule has 0 radical (unpaired) electrons. The summed E-state index contributed by atoms with van der Waals surface area (Å²) in [5.74, 6) is 0.944. The lowest BCUT2D eigenvalue weighted by Gasteiger charge is -2.06. The van der Waals surface area contributed by atoms with Gasteiger partial charge in [-0.05, 0) is 6.42 Å². The molecule has 3 heteroatoms. The van der Waals surface area contributed by atoms with Crippen LogP contribution in [0.4, 0.5) is 0 Å². The van der Waals surface area contributed by atoms with Crippen LogP contribution in [0.2, 0.25) is 0 Å². The van der Waals surface area contributed by atoms with Gasteiger partial charge in [-0.25, -0.2) is 4.98 Å². The number of imidazole rings is 1. The number of aliphatic hydroxyl groups is 1. The average Bonchev–Trinajstić information content (AvgIpc) is 2.37. The monoisotopic (exact) mass is 154 g/mol. The van der Waals surface area contributed by atoms with Crippen molar-refractivity contribution in [1.82, 2.24) is 9.55 Å². The number of rotatable bonds is 3. The van der Waals surface area contributed by atoms with E-state index in [9.17, 15) is 5.11 Å². The molecular weight excluding hydrogens is 140 g/mol. The Morgan fingerprint density at radius 1 is 1.73 bits per heavy atom. The fourth-order valence-corrected chi connectivity index (χ4v) is 0.948. The van der Waals surface area contributed by atoms with Gasteiger partial charge < -0.3 is 9.67 Å². The standard InChI is InChI=1S/C8H14N2O/c1-3-7(11)6-8-9-4-5-10(8)2/h4-5,7,11H,3,6H2,1-2H3. The van der Waals surface area contributed by atoms with Gasteiger partial charge in [0.2, 0.25) is 0 Å². The number of aliphatic hydroxyl groups excluding tert-OH is 1. The number of hydrogen-bond acceptors (Lipinski definition) is 2. The lowest BCUT2D eigenvalue weighted by molar-refractivity contribution is 0.167. The fourth-order valence-electron chi connectivity index (χ4n) is 0.948. The smallest absolute Gasteiger partial charge is 0.110 e. The summed E-state index contributed by atoms with van der Waals surface area (Å²) in [4.78, 5) is 4.11. The zero-order valence-electron chi connectivity index (χ0n) is 6.99. The van der Waals surface area contributed by atoms with Gasteiger partial charge >= 0.3 is 0 Å². The van der Waals surface area contributed by atoms with Crippen LogP contribution in [0.3, 0.4) is 0 Å². The van der Waals surface area contributed by atoms with Crippen LogP contribution in [-0.2, 0) is 13.5 Å². The lowest BCUT2D eigenvalue weighted by atomic mass is 10.2. The van der Waals surface area contributed by atoms with E-state index in [0.29, 0.717) is 6.42 Å². The molecule has 1 unspecified atom stereocenters. The highest BCUT2D eigenvalue weighted by atomic mass is 16.3. The maximum atomic E-state index is 9.30. The third-order valence-electron chi connectivity index (χ3n) is 1.81. The molecule has 1 atom stereocenters. The largest absolute Gasteiger partial charge is 0.393 e. The number of aromatic nitrogens is 2. The van der Waals surface area contributed by atoms with Gasteiger partial charge in [-0.15, -0.1) is 0 Å². The van der Waals surface area contributed by atoms with Crippen LogP contribution in [0.25, 0.3) is 0 Å². The van der Waals surface area contributed by atoms with Crippen LogP contribution in [0.1, 0.15) is 19.2 Å². The highest BCUT2D eigenvalue weighted by Gasteiger charge is 2.05. The van der Waals surface area contributed by atoms with Crippen molar-refractivity contribution < 1.29 is 5.11 Å². The summed E-state index contributed by atoms with van der Waals surface area (Å²) in [6.07, 6.45) is 4.82. The van der Waals surface area contributed by atoms with Gasteiger partial charge in [0.1, 0.15) is 5.82 Å². The summed E-state index contributed by atoms with van der Waals surface area (Å²) in [5.41, 5.74) is 0. The quantitative estimate of drug-likeness (QED) is 0.697. The minimum absolute atomic E-state index is 0.254. The second-order valence-corrected chi connectivity index (χ2v) is 2.72. The molecule has 1 rings (SSSR count). The van der Waals surface area contributed by atoms with Crippen molar-refractivity contribution in [2.75, 3.05) is 0 Å². The zero-order chi connectivity index (χ0) is 8.27. The molecule has 1 N–H and O–H groups in total. The molecule has 11 heavy (non-hydrogen) atoms. The molecule has 1 aromatic heterocycles. The molecule has 1 heterocycles. The van der Waals surface area contributed by atoms with Crippen LogP contribution in [-0.4, -0.2) is 20.8 Å². The van der Waals surface area contributed by atoms with E-state index in [-0.39, 0.29) is 6.10 Å². The predicted octanol–water partition coefficient (Wildman–Crippen LogP) is 0.734. The number of hydrogen-bond donors (Lipinski definition) is 1. The minimum atomic E-state index is -0.254. The summed E-state index contributed by atoms with van der Waals surface area (Å²) < 4.78 is 1.93. The van der Waals surface area contributed by atoms with Crippen LogP contribution < -0.4 is 0 Å². The van der Waals surface area contributed by atoms with E-state index in [1.165, 1.54) is 0 Å². The second-order valence-electron chi connectivity index (χ2n) is 2.72. The molecule has 1 aromatic rings. The number of aryl methyl sites for hydroxylation is 1. The summed E-state index contributed by atoms with van der Waals surface area (Å²) in [6.45, 7) is 1.97. The topological polar surface area (TPSA) is 38.1 Å². The maximum Gasteiger partial charge on any atom is 0.110 e. The Morgan fingerprint density at radius 3 is 2.91 bits per heavy atom. The van der Waals surface area contributed by atoms with E-state index >= 15 is 0 Å². The van der Waals surface area contributed by atoms with Gasteiger partial charge in [0.25, 0.3) is 0 Å². The van der Waals surface area contributed by atoms with Crippen LogP contribution in [0.5, 0.6) is 0 Å². The Balaban J connectivity index is 2.56. The van der Waals surface area contributed by atoms with Gasteiger partial charge in [-0.3, -0.25) is 0 Å². The van der Waals surface area contributed by atoms with Gasteiger partial charge in [-0.2, -0.15) is 0 Å². The fraction of sp³-hybridized carbons (Fsp3) is 0.625. The van der Waals surface area contributed by atoms with E-state index in [1.54, 1.807) is 6.20 Å². The minimum Gasteiger partial charge on any atom is -0.393 e. The molecule has 0 aliphatic rings. The van der Waals surface area contributed by atoms with Crippen molar-refractivity contribution in [3.8, 4) is 0 Å². The third kappa shape index (κ3) is 2.05. The first-order valence-corrected chi connectivity index (χ1v) is 3.88. The average molecular weight is 154 g/mol. The third-order valence-corrected chi connectivity index (χ3v) is 1.81. The first-order valence-electron chi connectivity index (χ1n) is 3.88. The van der Waals surface area contributed by atoms with Crippen molar-refractivity contribution >= 4 is 0 Å². The zero-order valence-corrected chi connectivity index (χ0v) is 6.99. The molecule has 0 saturated heterocycles. The Labute approximate surface area is 66.7 Å².